The van der Waals surface area contributed by atoms with Gasteiger partial charge in [-0.1, -0.05) is 30.3 Å². The zero-order chi connectivity index (χ0) is 16.8. The molecule has 0 bridgehead atoms. The molecule has 3 amide bonds. The van der Waals surface area contributed by atoms with Crippen molar-refractivity contribution in [2.45, 2.75) is 25.0 Å². The summed E-state index contributed by atoms with van der Waals surface area (Å²) in [5.74, 6) is -1.20. The summed E-state index contributed by atoms with van der Waals surface area (Å²) in [5, 5.41) is 10.1. The van der Waals surface area contributed by atoms with E-state index in [2.05, 4.69) is 0 Å². The van der Waals surface area contributed by atoms with Gasteiger partial charge >= 0.3 is 0 Å². The Morgan fingerprint density at radius 3 is 2.61 bits per heavy atom. The molecule has 0 radical (unpaired) electrons. The molecular formula is C16H21N3O4. The summed E-state index contributed by atoms with van der Waals surface area (Å²) < 4.78 is 0. The molecular weight excluding hydrogens is 298 g/mol. The fraction of sp³-hybridized carbons (Fsp3) is 0.438. The van der Waals surface area contributed by atoms with Gasteiger partial charge in [-0.25, -0.2) is 0 Å². The second-order valence-electron chi connectivity index (χ2n) is 5.59. The van der Waals surface area contributed by atoms with E-state index in [9.17, 15) is 19.5 Å². The molecule has 1 aliphatic rings. The summed E-state index contributed by atoms with van der Waals surface area (Å²) in [6, 6.07) is 8.64. The highest BCUT2D eigenvalue weighted by Gasteiger charge is 2.36. The largest absolute Gasteiger partial charge is 0.383 e. The molecule has 1 fully saturated rings. The van der Waals surface area contributed by atoms with Gasteiger partial charge in [-0.15, -0.1) is 0 Å². The zero-order valence-corrected chi connectivity index (χ0v) is 12.8. The van der Waals surface area contributed by atoms with E-state index in [0.717, 1.165) is 5.56 Å². The third-order valence-electron chi connectivity index (χ3n) is 4.01. The van der Waals surface area contributed by atoms with Gasteiger partial charge in [-0.3, -0.25) is 14.4 Å². The molecule has 1 saturated heterocycles. The van der Waals surface area contributed by atoms with Gasteiger partial charge in [0.25, 0.3) is 5.91 Å². The topological polar surface area (TPSA) is 104 Å². The van der Waals surface area contributed by atoms with E-state index in [1.54, 1.807) is 0 Å². The van der Waals surface area contributed by atoms with Crippen molar-refractivity contribution in [2.24, 2.45) is 5.73 Å². The predicted octanol–water partition coefficient (Wildman–Crippen LogP) is -0.865. The van der Waals surface area contributed by atoms with Crippen LogP contribution in [-0.4, -0.2) is 64.9 Å². The Morgan fingerprint density at radius 2 is 2.00 bits per heavy atom. The van der Waals surface area contributed by atoms with Crippen molar-refractivity contribution in [1.29, 1.82) is 0 Å². The molecule has 1 unspecified atom stereocenters. The van der Waals surface area contributed by atoms with E-state index >= 15 is 0 Å². The lowest BCUT2D eigenvalue weighted by Crippen LogP contribution is -2.61. The molecule has 23 heavy (non-hydrogen) atoms. The zero-order valence-electron chi connectivity index (χ0n) is 12.8. The van der Waals surface area contributed by atoms with E-state index in [1.807, 2.05) is 30.3 Å². The first-order valence-corrected chi connectivity index (χ1v) is 7.54. The second kappa shape index (κ2) is 7.73. The maximum Gasteiger partial charge on any atom is 0.252 e. The summed E-state index contributed by atoms with van der Waals surface area (Å²) in [6.07, 6.45) is 0.259. The standard InChI is InChI=1S/C16H21N3O4/c17-15(22)13-10-18(11-20)8-9-19(13)16(23)14(21)7-6-12-4-2-1-3-5-12/h1-5,11,13-14,21H,6-10H2,(H2,17,22)/t13?,14-/m1/s1. The molecule has 2 rings (SSSR count). The molecule has 124 valence electrons. The van der Waals surface area contributed by atoms with Gasteiger partial charge in [0.1, 0.15) is 12.1 Å². The minimum absolute atomic E-state index is 0.0655. The number of benzene rings is 1. The average molecular weight is 319 g/mol. The number of amides is 3. The molecule has 0 aromatic heterocycles. The SMILES string of the molecule is NC(=O)C1CN(C=O)CCN1C(=O)[C@H](O)CCc1ccccc1. The lowest BCUT2D eigenvalue weighted by molar-refractivity contribution is -0.151. The van der Waals surface area contributed by atoms with Gasteiger partial charge < -0.3 is 20.6 Å². The lowest BCUT2D eigenvalue weighted by atomic mass is 10.0. The lowest BCUT2D eigenvalue weighted by Gasteiger charge is -2.39. The highest BCUT2D eigenvalue weighted by atomic mass is 16.3. The number of hydrogen-bond acceptors (Lipinski definition) is 4. The molecule has 1 aromatic rings. The molecule has 3 N–H and O–H groups in total. The number of aryl methyl sites for hydroxylation is 1. The van der Waals surface area contributed by atoms with E-state index in [1.165, 1.54) is 9.80 Å². The fourth-order valence-corrected chi connectivity index (χ4v) is 2.67. The highest BCUT2D eigenvalue weighted by molar-refractivity contribution is 5.89. The van der Waals surface area contributed by atoms with Crippen LogP contribution in [0.3, 0.4) is 0 Å². The van der Waals surface area contributed by atoms with Crippen LogP contribution in [0.15, 0.2) is 30.3 Å². The number of aliphatic hydroxyl groups excluding tert-OH is 1. The summed E-state index contributed by atoms with van der Waals surface area (Å²) in [4.78, 5) is 37.4. The third kappa shape index (κ3) is 4.29. The van der Waals surface area contributed by atoms with Crippen LogP contribution < -0.4 is 5.73 Å². The first-order valence-electron chi connectivity index (χ1n) is 7.54. The van der Waals surface area contributed by atoms with Crippen molar-refractivity contribution < 1.29 is 19.5 Å². The van der Waals surface area contributed by atoms with Crippen LogP contribution in [0, 0.1) is 0 Å². The van der Waals surface area contributed by atoms with Crippen LogP contribution in [0.2, 0.25) is 0 Å². The summed E-state index contributed by atoms with van der Waals surface area (Å²) in [5.41, 5.74) is 6.35. The Labute approximate surface area is 134 Å². The van der Waals surface area contributed by atoms with Crippen molar-refractivity contribution in [2.75, 3.05) is 19.6 Å². The molecule has 0 saturated carbocycles. The van der Waals surface area contributed by atoms with Crippen LogP contribution in [-0.2, 0) is 20.8 Å². The quantitative estimate of drug-likeness (QED) is 0.665. The van der Waals surface area contributed by atoms with Crippen molar-refractivity contribution in [1.82, 2.24) is 9.80 Å². The Hall–Kier alpha value is -2.41. The molecule has 0 aliphatic carbocycles. The maximum absolute atomic E-state index is 12.4. The van der Waals surface area contributed by atoms with Crippen LogP contribution in [0.4, 0.5) is 0 Å². The number of hydrogen-bond donors (Lipinski definition) is 2. The van der Waals surface area contributed by atoms with E-state index < -0.39 is 24.0 Å². The molecule has 2 atom stereocenters. The van der Waals surface area contributed by atoms with Crippen LogP contribution in [0.1, 0.15) is 12.0 Å². The van der Waals surface area contributed by atoms with Crippen LogP contribution in [0.5, 0.6) is 0 Å². The van der Waals surface area contributed by atoms with Crippen molar-refractivity contribution in [3.8, 4) is 0 Å². The average Bonchev–Trinajstić information content (AvgIpc) is 2.59. The number of primary amides is 1. The molecule has 1 aromatic carbocycles. The molecule has 0 spiro atoms. The van der Waals surface area contributed by atoms with Gasteiger partial charge in [0.15, 0.2) is 0 Å². The van der Waals surface area contributed by atoms with Gasteiger partial charge in [0, 0.05) is 19.6 Å². The highest BCUT2D eigenvalue weighted by Crippen LogP contribution is 2.13. The first-order chi connectivity index (χ1) is 11.0. The van der Waals surface area contributed by atoms with Gasteiger partial charge in [-0.05, 0) is 18.4 Å². The number of carbonyl (C=O) groups is 3. The number of piperazine rings is 1. The minimum atomic E-state index is -1.19. The summed E-state index contributed by atoms with van der Waals surface area (Å²) in [6.45, 7) is 0.577. The predicted molar refractivity (Wildman–Crippen MR) is 83.1 cm³/mol. The van der Waals surface area contributed by atoms with Crippen LogP contribution in [0.25, 0.3) is 0 Å². The molecule has 1 heterocycles. The Kier molecular flexibility index (Phi) is 5.70. The van der Waals surface area contributed by atoms with E-state index in [0.29, 0.717) is 19.4 Å². The van der Waals surface area contributed by atoms with Gasteiger partial charge in [0.2, 0.25) is 12.3 Å². The fourth-order valence-electron chi connectivity index (χ4n) is 2.67. The second-order valence-corrected chi connectivity index (χ2v) is 5.59. The van der Waals surface area contributed by atoms with Crippen LogP contribution >= 0.6 is 0 Å². The molecule has 7 heteroatoms. The Balaban J connectivity index is 1.97. The Bertz CT molecular complexity index is 564. The first kappa shape index (κ1) is 17.0. The summed E-state index contributed by atoms with van der Waals surface area (Å²) in [7, 11) is 0. The Morgan fingerprint density at radius 1 is 1.30 bits per heavy atom. The van der Waals surface area contributed by atoms with E-state index in [4.69, 9.17) is 5.73 Å². The molecule has 1 aliphatic heterocycles. The maximum atomic E-state index is 12.4. The smallest absolute Gasteiger partial charge is 0.252 e. The monoisotopic (exact) mass is 319 g/mol. The molecule has 7 nitrogen and oxygen atoms in total. The van der Waals surface area contributed by atoms with Gasteiger partial charge in [-0.2, -0.15) is 0 Å². The van der Waals surface area contributed by atoms with Gasteiger partial charge in [0.05, 0.1) is 0 Å². The minimum Gasteiger partial charge on any atom is -0.383 e. The number of rotatable bonds is 6. The van der Waals surface area contributed by atoms with Crippen molar-refractivity contribution >= 4 is 18.2 Å². The number of aliphatic hydroxyl groups is 1. The number of nitrogens with two attached hydrogens (primary N) is 1. The third-order valence-corrected chi connectivity index (χ3v) is 4.01. The van der Waals surface area contributed by atoms with Crippen molar-refractivity contribution in [3.63, 3.8) is 0 Å². The number of nitrogens with zero attached hydrogens (tertiary/aromatic N) is 2. The summed E-state index contributed by atoms with van der Waals surface area (Å²) >= 11 is 0. The van der Waals surface area contributed by atoms with Crippen molar-refractivity contribution in [3.05, 3.63) is 35.9 Å². The van der Waals surface area contributed by atoms with E-state index in [-0.39, 0.29) is 19.5 Å². The number of carbonyl (C=O) groups excluding carboxylic acids is 3. The normalized spacial score (nSPS) is 19.3.